The molecule has 3 aromatic rings. The van der Waals surface area contributed by atoms with Crippen LogP contribution in [0.15, 0.2) is 59.9 Å². The fourth-order valence-electron chi connectivity index (χ4n) is 3.11. The van der Waals surface area contributed by atoms with Crippen LogP contribution in [0.4, 0.5) is 11.6 Å². The van der Waals surface area contributed by atoms with Gasteiger partial charge in [0.1, 0.15) is 17.7 Å². The first kappa shape index (κ1) is 18.8. The number of amides is 1. The third-order valence-electron chi connectivity index (χ3n) is 4.61. The van der Waals surface area contributed by atoms with Crippen LogP contribution in [0.5, 0.6) is 0 Å². The molecule has 1 saturated heterocycles. The molecule has 0 aromatic carbocycles. The normalized spacial score (nSPS) is 16.4. The first-order chi connectivity index (χ1) is 14.1. The number of hydrogen-bond acceptors (Lipinski definition) is 7. The number of nitrogens with one attached hydrogen (secondary N) is 1. The molecule has 0 radical (unpaired) electrons. The highest BCUT2D eigenvalue weighted by Crippen LogP contribution is 2.23. The van der Waals surface area contributed by atoms with E-state index in [-0.39, 0.29) is 17.6 Å². The molecule has 1 amide bonds. The van der Waals surface area contributed by atoms with E-state index in [1.54, 1.807) is 42.8 Å². The molecule has 9 nitrogen and oxygen atoms in total. The maximum absolute atomic E-state index is 12.9. The van der Waals surface area contributed by atoms with Gasteiger partial charge in [-0.1, -0.05) is 6.07 Å². The van der Waals surface area contributed by atoms with Gasteiger partial charge in [-0.2, -0.15) is 0 Å². The summed E-state index contributed by atoms with van der Waals surface area (Å²) in [7, 11) is 1.63. The molecular weight excluding hydrogens is 372 g/mol. The fraction of sp³-hybridized carbons (Fsp3) is 0.250. The number of rotatable bonds is 4. The summed E-state index contributed by atoms with van der Waals surface area (Å²) in [6, 6.07) is 8.52. The topological polar surface area (TPSA) is 102 Å². The smallest absolute Gasteiger partial charge is 0.255 e. The summed E-state index contributed by atoms with van der Waals surface area (Å²) in [5.74, 6) is 1.07. The van der Waals surface area contributed by atoms with Gasteiger partial charge in [0.15, 0.2) is 0 Å². The molecule has 1 aliphatic rings. The average Bonchev–Trinajstić information content (AvgIpc) is 2.76. The molecule has 3 aromatic heterocycles. The number of pyridine rings is 2. The van der Waals surface area contributed by atoms with E-state index in [2.05, 4.69) is 20.3 Å². The number of ether oxygens (including phenoxy) is 1. The Bertz CT molecular complexity index is 1070. The molecule has 1 atom stereocenters. The van der Waals surface area contributed by atoms with Crippen molar-refractivity contribution >= 4 is 17.5 Å². The van der Waals surface area contributed by atoms with Gasteiger partial charge >= 0.3 is 0 Å². The number of hydrogen-bond donors (Lipinski definition) is 1. The second-order valence-electron chi connectivity index (χ2n) is 6.64. The number of anilines is 2. The summed E-state index contributed by atoms with van der Waals surface area (Å²) < 4.78 is 7.26. The van der Waals surface area contributed by atoms with Crippen LogP contribution in [0.3, 0.4) is 0 Å². The van der Waals surface area contributed by atoms with Crippen molar-refractivity contribution in [3.63, 3.8) is 0 Å². The first-order valence-electron chi connectivity index (χ1n) is 9.18. The Balaban J connectivity index is 1.49. The number of nitrogens with zero attached hydrogens (tertiary/aromatic N) is 5. The minimum absolute atomic E-state index is 0.136. The van der Waals surface area contributed by atoms with Crippen LogP contribution >= 0.6 is 0 Å². The van der Waals surface area contributed by atoms with E-state index in [4.69, 9.17) is 4.74 Å². The van der Waals surface area contributed by atoms with Gasteiger partial charge in [0.2, 0.25) is 5.56 Å². The molecule has 1 N–H and O–H groups in total. The van der Waals surface area contributed by atoms with E-state index in [0.717, 1.165) is 5.69 Å². The van der Waals surface area contributed by atoms with E-state index >= 15 is 0 Å². The first-order valence-corrected chi connectivity index (χ1v) is 9.18. The van der Waals surface area contributed by atoms with Gasteiger partial charge in [-0.15, -0.1) is 0 Å². The van der Waals surface area contributed by atoms with E-state index in [1.807, 2.05) is 18.2 Å². The van der Waals surface area contributed by atoms with Crippen molar-refractivity contribution < 1.29 is 9.53 Å². The summed E-state index contributed by atoms with van der Waals surface area (Å²) >= 11 is 0. The summed E-state index contributed by atoms with van der Waals surface area (Å²) in [6.07, 6.45) is 6.02. The summed E-state index contributed by atoms with van der Waals surface area (Å²) in [6.45, 7) is 1.27. The van der Waals surface area contributed by atoms with Crippen LogP contribution < -0.4 is 10.9 Å². The minimum atomic E-state index is -0.344. The summed E-state index contributed by atoms with van der Waals surface area (Å²) in [5, 5.41) is 3.10. The molecule has 1 fully saturated rings. The maximum Gasteiger partial charge on any atom is 0.255 e. The predicted octanol–water partition coefficient (Wildman–Crippen LogP) is 1.53. The van der Waals surface area contributed by atoms with Crippen molar-refractivity contribution in [2.45, 2.75) is 6.10 Å². The predicted molar refractivity (Wildman–Crippen MR) is 106 cm³/mol. The Labute approximate surface area is 167 Å². The monoisotopic (exact) mass is 392 g/mol. The van der Waals surface area contributed by atoms with Crippen LogP contribution in [0.2, 0.25) is 0 Å². The zero-order valence-corrected chi connectivity index (χ0v) is 15.9. The third kappa shape index (κ3) is 4.30. The Hall–Kier alpha value is -3.59. The van der Waals surface area contributed by atoms with E-state index in [9.17, 15) is 9.59 Å². The molecule has 4 rings (SSSR count). The lowest BCUT2D eigenvalue weighted by Gasteiger charge is -2.33. The lowest BCUT2D eigenvalue weighted by atomic mass is 10.1. The zero-order chi connectivity index (χ0) is 20.2. The van der Waals surface area contributed by atoms with Gasteiger partial charge in [0.05, 0.1) is 30.6 Å². The van der Waals surface area contributed by atoms with Gasteiger partial charge in [0.25, 0.3) is 5.91 Å². The Morgan fingerprint density at radius 2 is 2.10 bits per heavy atom. The number of morpholine rings is 1. The number of carbonyl (C=O) groups is 1. The van der Waals surface area contributed by atoms with Gasteiger partial charge < -0.3 is 19.5 Å². The molecule has 4 heterocycles. The number of aryl methyl sites for hydroxylation is 1. The molecule has 148 valence electrons. The van der Waals surface area contributed by atoms with Crippen molar-refractivity contribution in [1.29, 1.82) is 0 Å². The number of aromatic nitrogens is 4. The quantitative estimate of drug-likeness (QED) is 0.718. The molecule has 0 spiro atoms. The highest BCUT2D eigenvalue weighted by molar-refractivity contribution is 5.94. The molecule has 9 heteroatoms. The Morgan fingerprint density at radius 1 is 1.21 bits per heavy atom. The maximum atomic E-state index is 12.9. The summed E-state index contributed by atoms with van der Waals surface area (Å²) in [5.41, 5.74) is 1.04. The van der Waals surface area contributed by atoms with Crippen LogP contribution in [-0.2, 0) is 11.8 Å². The SMILES string of the molecule is Cn1cc(C(=O)N2CCO[C@@H](c3cccc(Nc4cnccn4)n3)C2)ccc1=O. The molecular formula is C20H20N6O3. The Kier molecular flexibility index (Phi) is 5.30. The molecule has 29 heavy (non-hydrogen) atoms. The number of carbonyl (C=O) groups excluding carboxylic acids is 1. The standard InChI is InChI=1S/C20H20N6O3/c1-25-12-14(5-6-19(25)27)20(28)26-9-10-29-16(13-26)15-3-2-4-17(23-15)24-18-11-21-7-8-22-18/h2-8,11-12,16H,9-10,13H2,1H3,(H,22,23,24)/t16-/m1/s1. The largest absolute Gasteiger partial charge is 0.368 e. The highest BCUT2D eigenvalue weighted by Gasteiger charge is 2.27. The second kappa shape index (κ2) is 8.19. The molecule has 0 aliphatic carbocycles. The second-order valence-corrected chi connectivity index (χ2v) is 6.64. The average molecular weight is 392 g/mol. The van der Waals surface area contributed by atoms with Crippen molar-refractivity contribution in [3.05, 3.63) is 76.7 Å². The summed E-state index contributed by atoms with van der Waals surface area (Å²) in [4.78, 5) is 38.9. The van der Waals surface area contributed by atoms with Gasteiger partial charge in [-0.25, -0.2) is 9.97 Å². The highest BCUT2D eigenvalue weighted by atomic mass is 16.5. The van der Waals surface area contributed by atoms with Crippen LogP contribution in [0, 0.1) is 0 Å². The van der Waals surface area contributed by atoms with Crippen LogP contribution in [0.25, 0.3) is 0 Å². The zero-order valence-electron chi connectivity index (χ0n) is 15.9. The van der Waals surface area contributed by atoms with Crippen molar-refractivity contribution in [1.82, 2.24) is 24.4 Å². The van der Waals surface area contributed by atoms with Gasteiger partial charge in [-0.3, -0.25) is 14.6 Å². The van der Waals surface area contributed by atoms with E-state index in [1.165, 1.54) is 10.6 Å². The van der Waals surface area contributed by atoms with Crippen molar-refractivity contribution in [2.24, 2.45) is 7.05 Å². The van der Waals surface area contributed by atoms with Gasteiger partial charge in [0, 0.05) is 38.2 Å². The molecule has 0 unspecified atom stereocenters. The molecule has 0 saturated carbocycles. The third-order valence-corrected chi connectivity index (χ3v) is 4.61. The van der Waals surface area contributed by atoms with E-state index < -0.39 is 0 Å². The fourth-order valence-corrected chi connectivity index (χ4v) is 3.11. The Morgan fingerprint density at radius 3 is 2.90 bits per heavy atom. The van der Waals surface area contributed by atoms with Crippen molar-refractivity contribution in [2.75, 3.05) is 25.0 Å². The lowest BCUT2D eigenvalue weighted by molar-refractivity contribution is -0.0246. The van der Waals surface area contributed by atoms with Crippen LogP contribution in [-0.4, -0.2) is 50.0 Å². The molecule has 0 bridgehead atoms. The van der Waals surface area contributed by atoms with E-state index in [0.29, 0.717) is 36.9 Å². The lowest BCUT2D eigenvalue weighted by Crippen LogP contribution is -2.42. The van der Waals surface area contributed by atoms with Crippen LogP contribution in [0.1, 0.15) is 22.2 Å². The van der Waals surface area contributed by atoms with Crippen molar-refractivity contribution in [3.8, 4) is 0 Å². The molecule has 1 aliphatic heterocycles. The minimum Gasteiger partial charge on any atom is -0.368 e. The van der Waals surface area contributed by atoms with Gasteiger partial charge in [-0.05, 0) is 18.2 Å².